The summed E-state index contributed by atoms with van der Waals surface area (Å²) in [7, 11) is 0. The van der Waals surface area contributed by atoms with Gasteiger partial charge in [-0.1, -0.05) is 19.1 Å². The third-order valence-corrected chi connectivity index (χ3v) is 2.94. The molecule has 2 amide bonds. The van der Waals surface area contributed by atoms with E-state index >= 15 is 0 Å². The number of amides is 2. The summed E-state index contributed by atoms with van der Waals surface area (Å²) < 4.78 is 0. The van der Waals surface area contributed by atoms with E-state index in [4.69, 9.17) is 5.73 Å². The van der Waals surface area contributed by atoms with Crippen LogP contribution in [0, 0.1) is 0 Å². The molecule has 1 aromatic carbocycles. The third-order valence-electron chi connectivity index (χ3n) is 2.94. The van der Waals surface area contributed by atoms with E-state index in [1.54, 1.807) is 19.1 Å². The largest absolute Gasteiger partial charge is 0.354 e. The fraction of sp³-hybridized carbons (Fsp3) is 0.467. The van der Waals surface area contributed by atoms with Gasteiger partial charge in [-0.25, -0.2) is 0 Å². The predicted octanol–water partition coefficient (Wildman–Crippen LogP) is 0.832. The number of hydrogen-bond donors (Lipinski definition) is 3. The van der Waals surface area contributed by atoms with Crippen molar-refractivity contribution in [3.8, 4) is 0 Å². The zero-order chi connectivity index (χ0) is 15.0. The lowest BCUT2D eigenvalue weighted by Gasteiger charge is -2.14. The number of nitrogens with two attached hydrogens (primary N) is 1. The normalized spacial score (nSPS) is 11.8. The summed E-state index contributed by atoms with van der Waals surface area (Å²) in [5.74, 6) is -0.414. The van der Waals surface area contributed by atoms with Crippen LogP contribution in [0.2, 0.25) is 0 Å². The van der Waals surface area contributed by atoms with Gasteiger partial charge in [0.25, 0.3) is 5.91 Å². The van der Waals surface area contributed by atoms with Crippen LogP contribution < -0.4 is 16.4 Å². The first-order valence-electron chi connectivity index (χ1n) is 6.96. The second kappa shape index (κ2) is 8.32. The minimum Gasteiger partial charge on any atom is -0.354 e. The monoisotopic (exact) mass is 277 g/mol. The number of hydrogen-bond acceptors (Lipinski definition) is 3. The van der Waals surface area contributed by atoms with Gasteiger partial charge < -0.3 is 16.4 Å². The zero-order valence-electron chi connectivity index (χ0n) is 12.1. The molecule has 1 atom stereocenters. The van der Waals surface area contributed by atoms with Crippen LogP contribution in [0.25, 0.3) is 0 Å². The molecule has 4 N–H and O–H groups in total. The molecule has 0 radical (unpaired) electrons. The number of benzene rings is 1. The van der Waals surface area contributed by atoms with Gasteiger partial charge in [-0.15, -0.1) is 0 Å². The Morgan fingerprint density at radius 1 is 1.25 bits per heavy atom. The van der Waals surface area contributed by atoms with Crippen molar-refractivity contribution < 1.29 is 9.59 Å². The highest BCUT2D eigenvalue weighted by Crippen LogP contribution is 2.05. The van der Waals surface area contributed by atoms with E-state index in [2.05, 4.69) is 10.6 Å². The third kappa shape index (κ3) is 5.01. The molecule has 5 heteroatoms. The van der Waals surface area contributed by atoms with E-state index < -0.39 is 6.04 Å². The van der Waals surface area contributed by atoms with Crippen molar-refractivity contribution in [3.05, 3.63) is 35.4 Å². The molecule has 0 aliphatic heterocycles. The van der Waals surface area contributed by atoms with Crippen molar-refractivity contribution in [2.75, 3.05) is 13.1 Å². The lowest BCUT2D eigenvalue weighted by atomic mass is 10.1. The average molecular weight is 277 g/mol. The van der Waals surface area contributed by atoms with Gasteiger partial charge in [0.05, 0.1) is 0 Å². The van der Waals surface area contributed by atoms with Crippen LogP contribution in [0.5, 0.6) is 0 Å². The number of nitrogens with one attached hydrogen (secondary N) is 2. The van der Waals surface area contributed by atoms with Gasteiger partial charge in [-0.05, 0) is 44.0 Å². The van der Waals surface area contributed by atoms with Gasteiger partial charge in [0, 0.05) is 12.1 Å². The molecule has 110 valence electrons. The molecular formula is C15H23N3O2. The molecule has 0 bridgehead atoms. The molecular weight excluding hydrogens is 254 g/mol. The summed E-state index contributed by atoms with van der Waals surface area (Å²) in [4.78, 5) is 23.7. The molecule has 5 nitrogen and oxygen atoms in total. The maximum atomic E-state index is 12.0. The quantitative estimate of drug-likeness (QED) is 0.690. The summed E-state index contributed by atoms with van der Waals surface area (Å²) in [6, 6.07) is 6.71. The van der Waals surface area contributed by atoms with Crippen LogP contribution in [0.4, 0.5) is 0 Å². The maximum absolute atomic E-state index is 12.0. The number of carbonyl (C=O) groups is 2. The number of rotatable bonds is 7. The van der Waals surface area contributed by atoms with Crippen molar-refractivity contribution in [2.45, 2.75) is 32.7 Å². The predicted molar refractivity (Wildman–Crippen MR) is 79.4 cm³/mol. The highest BCUT2D eigenvalue weighted by molar-refractivity contribution is 5.97. The van der Waals surface area contributed by atoms with Crippen molar-refractivity contribution >= 4 is 11.8 Å². The fourth-order valence-electron chi connectivity index (χ4n) is 1.74. The van der Waals surface area contributed by atoms with Gasteiger partial charge >= 0.3 is 0 Å². The molecule has 1 aromatic rings. The summed E-state index contributed by atoms with van der Waals surface area (Å²) in [6.07, 6.45) is 1.66. The van der Waals surface area contributed by atoms with Gasteiger partial charge in [0.1, 0.15) is 6.04 Å². The molecule has 1 rings (SSSR count). The topological polar surface area (TPSA) is 84.2 Å². The van der Waals surface area contributed by atoms with E-state index in [1.807, 2.05) is 19.1 Å². The van der Waals surface area contributed by atoms with Crippen LogP contribution in [-0.2, 0) is 11.2 Å². The van der Waals surface area contributed by atoms with E-state index in [9.17, 15) is 9.59 Å². The van der Waals surface area contributed by atoms with Crippen LogP contribution >= 0.6 is 0 Å². The lowest BCUT2D eigenvalue weighted by molar-refractivity contribution is -0.122. The first kappa shape index (κ1) is 16.2. The van der Waals surface area contributed by atoms with Gasteiger partial charge in [-0.2, -0.15) is 0 Å². The van der Waals surface area contributed by atoms with Gasteiger partial charge in [-0.3, -0.25) is 9.59 Å². The molecule has 0 aromatic heterocycles. The SMILES string of the molecule is CCCNC(=O)C(C)NC(=O)c1ccc(CCN)cc1. The maximum Gasteiger partial charge on any atom is 0.251 e. The Morgan fingerprint density at radius 2 is 1.90 bits per heavy atom. The van der Waals surface area contributed by atoms with E-state index in [0.29, 0.717) is 18.7 Å². The van der Waals surface area contributed by atoms with Crippen LogP contribution in [0.15, 0.2) is 24.3 Å². The Morgan fingerprint density at radius 3 is 2.45 bits per heavy atom. The van der Waals surface area contributed by atoms with E-state index in [0.717, 1.165) is 18.4 Å². The molecule has 0 spiro atoms. The van der Waals surface area contributed by atoms with Crippen LogP contribution in [0.1, 0.15) is 36.2 Å². The lowest BCUT2D eigenvalue weighted by Crippen LogP contribution is -2.45. The van der Waals surface area contributed by atoms with Gasteiger partial charge in [0.2, 0.25) is 5.91 Å². The summed E-state index contributed by atoms with van der Waals surface area (Å²) in [6.45, 7) is 4.85. The molecule has 0 fully saturated rings. The molecule has 0 saturated heterocycles. The van der Waals surface area contributed by atoms with E-state index in [1.165, 1.54) is 0 Å². The summed E-state index contributed by atoms with van der Waals surface area (Å²) in [5.41, 5.74) is 7.11. The molecule has 0 saturated carbocycles. The molecule has 0 aliphatic rings. The minimum absolute atomic E-state index is 0.167. The Labute approximate surface area is 119 Å². The molecule has 0 aliphatic carbocycles. The Balaban J connectivity index is 2.55. The van der Waals surface area contributed by atoms with Crippen molar-refractivity contribution in [1.29, 1.82) is 0 Å². The minimum atomic E-state index is -0.544. The van der Waals surface area contributed by atoms with Crippen molar-refractivity contribution in [2.24, 2.45) is 5.73 Å². The summed E-state index contributed by atoms with van der Waals surface area (Å²) in [5, 5.41) is 5.43. The molecule has 20 heavy (non-hydrogen) atoms. The highest BCUT2D eigenvalue weighted by Gasteiger charge is 2.15. The smallest absolute Gasteiger partial charge is 0.251 e. The molecule has 1 unspecified atom stereocenters. The van der Waals surface area contributed by atoms with E-state index in [-0.39, 0.29) is 11.8 Å². The van der Waals surface area contributed by atoms with Crippen molar-refractivity contribution in [3.63, 3.8) is 0 Å². The van der Waals surface area contributed by atoms with Gasteiger partial charge in [0.15, 0.2) is 0 Å². The fourth-order valence-corrected chi connectivity index (χ4v) is 1.74. The van der Waals surface area contributed by atoms with Crippen LogP contribution in [-0.4, -0.2) is 30.9 Å². The molecule has 0 heterocycles. The second-order valence-electron chi connectivity index (χ2n) is 4.72. The average Bonchev–Trinajstić information content (AvgIpc) is 2.45. The Hall–Kier alpha value is -1.88. The Bertz CT molecular complexity index is 443. The summed E-state index contributed by atoms with van der Waals surface area (Å²) >= 11 is 0. The zero-order valence-corrected chi connectivity index (χ0v) is 12.1. The second-order valence-corrected chi connectivity index (χ2v) is 4.72. The van der Waals surface area contributed by atoms with Crippen LogP contribution in [0.3, 0.4) is 0 Å². The first-order chi connectivity index (χ1) is 9.58. The number of carbonyl (C=O) groups excluding carboxylic acids is 2. The van der Waals surface area contributed by atoms with Crippen molar-refractivity contribution in [1.82, 2.24) is 10.6 Å². The highest BCUT2D eigenvalue weighted by atomic mass is 16.2. The standard InChI is InChI=1S/C15H23N3O2/c1-3-10-17-14(19)11(2)18-15(20)13-6-4-12(5-7-13)8-9-16/h4-7,11H,3,8-10,16H2,1-2H3,(H,17,19)(H,18,20). The Kier molecular flexibility index (Phi) is 6.73. The first-order valence-corrected chi connectivity index (χ1v) is 6.96.